The van der Waals surface area contributed by atoms with Crippen molar-refractivity contribution in [3.8, 4) is 11.8 Å². The van der Waals surface area contributed by atoms with E-state index in [1.807, 2.05) is 55.5 Å². The maximum Gasteiger partial charge on any atom is 0.322 e. The van der Waals surface area contributed by atoms with E-state index in [0.717, 1.165) is 42.6 Å². The van der Waals surface area contributed by atoms with Gasteiger partial charge in [0.2, 0.25) is 10.0 Å². The Labute approximate surface area is 217 Å². The summed E-state index contributed by atoms with van der Waals surface area (Å²) in [6, 6.07) is 20.4. The minimum atomic E-state index is -3.78. The molecule has 0 radical (unpaired) electrons. The highest BCUT2D eigenvalue weighted by Gasteiger charge is 2.24. The summed E-state index contributed by atoms with van der Waals surface area (Å²) in [5.74, 6) is 1.14. The SMILES string of the molecule is CCn1c(Oc2cccc(N3CCN(C)CC3)c2)nnc1[C@@H](C)NS(=O)(=O)c1ccc2ccccc2c1. The van der Waals surface area contributed by atoms with Crippen LogP contribution in [0.4, 0.5) is 5.69 Å². The molecule has 0 amide bonds. The molecular weight excluding hydrogens is 488 g/mol. The lowest BCUT2D eigenvalue weighted by molar-refractivity contribution is 0.312. The lowest BCUT2D eigenvalue weighted by atomic mass is 10.1. The van der Waals surface area contributed by atoms with E-state index in [9.17, 15) is 8.42 Å². The van der Waals surface area contributed by atoms with Crippen molar-refractivity contribution < 1.29 is 13.2 Å². The molecule has 0 spiro atoms. The zero-order valence-electron chi connectivity index (χ0n) is 21.3. The number of ether oxygens (including phenoxy) is 1. The molecule has 4 aromatic rings. The number of nitrogens with one attached hydrogen (secondary N) is 1. The summed E-state index contributed by atoms with van der Waals surface area (Å²) in [4.78, 5) is 4.86. The summed E-state index contributed by atoms with van der Waals surface area (Å²) in [7, 11) is -1.64. The average Bonchev–Trinajstić information content (AvgIpc) is 3.31. The first-order valence-electron chi connectivity index (χ1n) is 12.5. The van der Waals surface area contributed by atoms with E-state index < -0.39 is 16.1 Å². The second-order valence-electron chi connectivity index (χ2n) is 9.33. The van der Waals surface area contributed by atoms with E-state index in [0.29, 0.717) is 24.1 Å². The Hall–Kier alpha value is -3.47. The molecule has 194 valence electrons. The summed E-state index contributed by atoms with van der Waals surface area (Å²) in [5.41, 5.74) is 1.10. The maximum absolute atomic E-state index is 13.2. The Morgan fingerprint density at radius 3 is 2.46 bits per heavy atom. The summed E-state index contributed by atoms with van der Waals surface area (Å²) in [5, 5.41) is 10.4. The fourth-order valence-electron chi connectivity index (χ4n) is 4.59. The van der Waals surface area contributed by atoms with Crippen LogP contribution in [0.1, 0.15) is 25.7 Å². The average molecular weight is 521 g/mol. The number of fused-ring (bicyclic) bond motifs is 1. The first-order chi connectivity index (χ1) is 17.8. The fraction of sp³-hybridized carbons (Fsp3) is 0.333. The molecule has 5 rings (SSSR count). The molecule has 1 fully saturated rings. The zero-order chi connectivity index (χ0) is 26.0. The van der Waals surface area contributed by atoms with E-state index in [1.165, 1.54) is 0 Å². The molecular formula is C27H32N6O3S. The van der Waals surface area contributed by atoms with Gasteiger partial charge in [-0.05, 0) is 55.9 Å². The second-order valence-corrected chi connectivity index (χ2v) is 11.0. The van der Waals surface area contributed by atoms with Gasteiger partial charge in [-0.25, -0.2) is 13.1 Å². The topological polar surface area (TPSA) is 92.6 Å². The van der Waals surface area contributed by atoms with Gasteiger partial charge in [0.25, 0.3) is 0 Å². The van der Waals surface area contributed by atoms with Crippen molar-refractivity contribution in [2.75, 3.05) is 38.1 Å². The lowest BCUT2D eigenvalue weighted by Gasteiger charge is -2.34. The van der Waals surface area contributed by atoms with Crippen LogP contribution >= 0.6 is 0 Å². The van der Waals surface area contributed by atoms with E-state index in [2.05, 4.69) is 37.8 Å². The van der Waals surface area contributed by atoms with Gasteiger partial charge in [-0.2, -0.15) is 0 Å². The maximum atomic E-state index is 13.2. The largest absolute Gasteiger partial charge is 0.424 e. The Morgan fingerprint density at radius 1 is 0.946 bits per heavy atom. The third kappa shape index (κ3) is 5.46. The number of sulfonamides is 1. The monoisotopic (exact) mass is 520 g/mol. The Bertz CT molecular complexity index is 1500. The van der Waals surface area contributed by atoms with Crippen LogP contribution in [0.15, 0.2) is 71.6 Å². The predicted octanol–water partition coefficient (Wildman–Crippen LogP) is 4.03. The van der Waals surface area contributed by atoms with Crippen LogP contribution < -0.4 is 14.4 Å². The summed E-state index contributed by atoms with van der Waals surface area (Å²) in [6.07, 6.45) is 0. The van der Waals surface area contributed by atoms with Crippen LogP contribution in [0.2, 0.25) is 0 Å². The van der Waals surface area contributed by atoms with E-state index in [-0.39, 0.29) is 4.90 Å². The molecule has 9 nitrogen and oxygen atoms in total. The molecule has 1 aliphatic heterocycles. The normalized spacial score (nSPS) is 15.7. The minimum Gasteiger partial charge on any atom is -0.424 e. The third-order valence-electron chi connectivity index (χ3n) is 6.71. The first-order valence-corrected chi connectivity index (χ1v) is 14.0. The summed E-state index contributed by atoms with van der Waals surface area (Å²) in [6.45, 7) is 8.20. The molecule has 10 heteroatoms. The number of rotatable bonds is 8. The molecule has 1 aromatic heterocycles. The zero-order valence-corrected chi connectivity index (χ0v) is 22.1. The highest BCUT2D eigenvalue weighted by Crippen LogP contribution is 2.28. The number of nitrogens with zero attached hydrogens (tertiary/aromatic N) is 5. The van der Waals surface area contributed by atoms with Gasteiger partial charge in [0.05, 0.1) is 10.9 Å². The van der Waals surface area contributed by atoms with Crippen LogP contribution in [0.5, 0.6) is 11.8 Å². The van der Waals surface area contributed by atoms with Crippen LogP contribution in [0.3, 0.4) is 0 Å². The Morgan fingerprint density at radius 2 is 1.70 bits per heavy atom. The number of benzene rings is 3. The smallest absolute Gasteiger partial charge is 0.322 e. The molecule has 37 heavy (non-hydrogen) atoms. The van der Waals surface area contributed by atoms with Gasteiger partial charge in [-0.3, -0.25) is 4.57 Å². The minimum absolute atomic E-state index is 0.206. The predicted molar refractivity (Wildman–Crippen MR) is 145 cm³/mol. The van der Waals surface area contributed by atoms with E-state index in [1.54, 1.807) is 23.6 Å². The second kappa shape index (κ2) is 10.5. The van der Waals surface area contributed by atoms with Gasteiger partial charge in [-0.1, -0.05) is 41.5 Å². The number of anilines is 1. The molecule has 1 atom stereocenters. The van der Waals surface area contributed by atoms with E-state index >= 15 is 0 Å². The van der Waals surface area contributed by atoms with Crippen LogP contribution in [-0.2, 0) is 16.6 Å². The molecule has 2 heterocycles. The standard InChI is InChI=1S/C27H32N6O3S/c1-4-33-26(20(2)30-37(34,35)25-13-12-21-8-5-6-9-22(21)18-25)28-29-27(33)36-24-11-7-10-23(19-24)32-16-14-31(3)15-17-32/h5-13,18-20,30H,4,14-17H2,1-3H3/t20-/m1/s1. The van der Waals surface area contributed by atoms with Crippen molar-refractivity contribution in [1.29, 1.82) is 0 Å². The summed E-state index contributed by atoms with van der Waals surface area (Å²) < 4.78 is 37.0. The number of piperazine rings is 1. The van der Waals surface area contributed by atoms with Crippen molar-refractivity contribution in [3.05, 3.63) is 72.6 Å². The number of hydrogen-bond donors (Lipinski definition) is 1. The molecule has 1 N–H and O–H groups in total. The van der Waals surface area contributed by atoms with Crippen LogP contribution in [0.25, 0.3) is 10.8 Å². The van der Waals surface area contributed by atoms with Gasteiger partial charge in [0.1, 0.15) is 5.75 Å². The Balaban J connectivity index is 1.33. The highest BCUT2D eigenvalue weighted by molar-refractivity contribution is 7.89. The van der Waals surface area contributed by atoms with Gasteiger partial charge >= 0.3 is 6.01 Å². The van der Waals surface area contributed by atoms with Gasteiger partial charge in [0, 0.05) is 44.5 Å². The molecule has 0 aliphatic carbocycles. The quantitative estimate of drug-likeness (QED) is 0.375. The van der Waals surface area contributed by atoms with Crippen LogP contribution in [-0.4, -0.2) is 61.3 Å². The molecule has 1 saturated heterocycles. The molecule has 1 aliphatic rings. The van der Waals surface area contributed by atoms with Gasteiger partial charge in [-0.15, -0.1) is 5.10 Å². The molecule has 3 aromatic carbocycles. The highest BCUT2D eigenvalue weighted by atomic mass is 32.2. The number of hydrogen-bond acceptors (Lipinski definition) is 7. The van der Waals surface area contributed by atoms with Crippen molar-refractivity contribution in [2.24, 2.45) is 0 Å². The first kappa shape index (κ1) is 25.2. The molecule has 0 bridgehead atoms. The fourth-order valence-corrected chi connectivity index (χ4v) is 5.83. The van der Waals surface area contributed by atoms with Crippen LogP contribution in [0, 0.1) is 0 Å². The molecule has 0 unspecified atom stereocenters. The number of aromatic nitrogens is 3. The van der Waals surface area contributed by atoms with Crippen molar-refractivity contribution in [1.82, 2.24) is 24.4 Å². The third-order valence-corrected chi connectivity index (χ3v) is 8.25. The lowest BCUT2D eigenvalue weighted by Crippen LogP contribution is -2.44. The summed E-state index contributed by atoms with van der Waals surface area (Å²) >= 11 is 0. The number of likely N-dealkylation sites (N-methyl/N-ethyl adjacent to an activating group) is 1. The van der Waals surface area contributed by atoms with Gasteiger partial charge in [0.15, 0.2) is 5.82 Å². The molecule has 0 saturated carbocycles. The van der Waals surface area contributed by atoms with E-state index in [4.69, 9.17) is 4.74 Å². The van der Waals surface area contributed by atoms with Crippen molar-refractivity contribution in [2.45, 2.75) is 31.3 Å². The Kier molecular flexibility index (Phi) is 7.14. The van der Waals surface area contributed by atoms with Crippen molar-refractivity contribution >= 4 is 26.5 Å². The van der Waals surface area contributed by atoms with Gasteiger partial charge < -0.3 is 14.5 Å². The van der Waals surface area contributed by atoms with Crippen molar-refractivity contribution in [3.63, 3.8) is 0 Å².